The van der Waals surface area contributed by atoms with Crippen LogP contribution in [0.3, 0.4) is 0 Å². The Morgan fingerprint density at radius 2 is 1.84 bits per heavy atom. The summed E-state index contributed by atoms with van der Waals surface area (Å²) in [5.74, 6) is -0.430. The van der Waals surface area contributed by atoms with Gasteiger partial charge < -0.3 is 11.1 Å². The molecule has 6 heteroatoms. The lowest BCUT2D eigenvalue weighted by Gasteiger charge is -2.12. The topological polar surface area (TPSA) is 38.0 Å². The van der Waals surface area contributed by atoms with Crippen LogP contribution in [-0.4, -0.2) is 4.99 Å². The van der Waals surface area contributed by atoms with Crippen molar-refractivity contribution in [3.63, 3.8) is 0 Å². The molecule has 2 aromatic carbocycles. The van der Waals surface area contributed by atoms with Gasteiger partial charge in [-0.05, 0) is 36.4 Å². The van der Waals surface area contributed by atoms with Crippen LogP contribution in [0, 0.1) is 5.82 Å². The molecule has 0 aromatic heterocycles. The van der Waals surface area contributed by atoms with Gasteiger partial charge in [0.25, 0.3) is 0 Å². The summed E-state index contributed by atoms with van der Waals surface area (Å²) in [7, 11) is 0. The predicted octanol–water partition coefficient (Wildman–Crippen LogP) is 4.51. The number of nitrogens with one attached hydrogen (secondary N) is 1. The molecule has 98 valence electrons. The molecule has 0 heterocycles. The predicted molar refractivity (Wildman–Crippen MR) is 82.0 cm³/mol. The third-order valence-electron chi connectivity index (χ3n) is 2.39. The Hall–Kier alpha value is -1.36. The van der Waals surface area contributed by atoms with Crippen molar-refractivity contribution < 1.29 is 4.39 Å². The highest BCUT2D eigenvalue weighted by molar-refractivity contribution is 7.80. The first-order valence-electron chi connectivity index (χ1n) is 5.28. The van der Waals surface area contributed by atoms with E-state index < -0.39 is 5.82 Å². The number of hydrogen-bond acceptors (Lipinski definition) is 2. The van der Waals surface area contributed by atoms with Crippen molar-refractivity contribution in [2.24, 2.45) is 5.73 Å². The van der Waals surface area contributed by atoms with Crippen molar-refractivity contribution in [1.29, 1.82) is 0 Å². The third kappa shape index (κ3) is 3.56. The monoisotopic (exact) mass is 314 g/mol. The first-order chi connectivity index (χ1) is 8.95. The van der Waals surface area contributed by atoms with E-state index in [0.29, 0.717) is 27.0 Å². The van der Waals surface area contributed by atoms with E-state index in [1.54, 1.807) is 24.3 Å². The molecule has 0 fully saturated rings. The van der Waals surface area contributed by atoms with Crippen LogP contribution in [-0.2, 0) is 0 Å². The molecule has 0 spiro atoms. The Labute approximate surface area is 125 Å². The second-order valence-electron chi connectivity index (χ2n) is 3.84. The third-order valence-corrected chi connectivity index (χ3v) is 3.06. The summed E-state index contributed by atoms with van der Waals surface area (Å²) in [5, 5.41) is 3.83. The average Bonchev–Trinajstić information content (AvgIpc) is 2.30. The highest BCUT2D eigenvalue weighted by Gasteiger charge is 2.07. The molecule has 0 atom stereocenters. The standard InChI is InChI=1S/C13H9Cl2FN2S/c14-7-1-2-12(11(5-7)13(17)19)18-10-4-8(15)3-9(16)6-10/h1-6,18H,(H2,17,19). The smallest absolute Gasteiger partial charge is 0.126 e. The van der Waals surface area contributed by atoms with Gasteiger partial charge in [0.2, 0.25) is 0 Å². The van der Waals surface area contributed by atoms with Gasteiger partial charge in [0.1, 0.15) is 10.8 Å². The van der Waals surface area contributed by atoms with Crippen LogP contribution in [0.4, 0.5) is 15.8 Å². The summed E-state index contributed by atoms with van der Waals surface area (Å²) in [6.45, 7) is 0. The zero-order valence-electron chi connectivity index (χ0n) is 9.58. The molecule has 0 aliphatic rings. The van der Waals surface area contributed by atoms with Crippen LogP contribution in [0.5, 0.6) is 0 Å². The second-order valence-corrected chi connectivity index (χ2v) is 5.15. The van der Waals surface area contributed by atoms with Crippen molar-refractivity contribution in [3.8, 4) is 0 Å². The van der Waals surface area contributed by atoms with Gasteiger partial charge in [0, 0.05) is 27.0 Å². The summed E-state index contributed by atoms with van der Waals surface area (Å²) in [4.78, 5) is 0.201. The minimum Gasteiger partial charge on any atom is -0.389 e. The zero-order valence-corrected chi connectivity index (χ0v) is 11.9. The van der Waals surface area contributed by atoms with Gasteiger partial charge in [0.15, 0.2) is 0 Å². The van der Waals surface area contributed by atoms with Gasteiger partial charge in [-0.3, -0.25) is 0 Å². The van der Waals surface area contributed by atoms with Crippen LogP contribution >= 0.6 is 35.4 Å². The molecule has 0 bridgehead atoms. The number of anilines is 2. The highest BCUT2D eigenvalue weighted by Crippen LogP contribution is 2.26. The second kappa shape index (κ2) is 5.74. The molecule has 2 aromatic rings. The minimum absolute atomic E-state index is 0.201. The van der Waals surface area contributed by atoms with E-state index >= 15 is 0 Å². The molecule has 2 nitrogen and oxygen atoms in total. The Morgan fingerprint density at radius 1 is 1.11 bits per heavy atom. The van der Waals surface area contributed by atoms with Crippen LogP contribution in [0.2, 0.25) is 10.0 Å². The average molecular weight is 315 g/mol. The molecular weight excluding hydrogens is 306 g/mol. The fourth-order valence-electron chi connectivity index (χ4n) is 1.61. The fraction of sp³-hybridized carbons (Fsp3) is 0. The quantitative estimate of drug-likeness (QED) is 0.819. The maximum Gasteiger partial charge on any atom is 0.126 e. The highest BCUT2D eigenvalue weighted by atomic mass is 35.5. The minimum atomic E-state index is -0.430. The SMILES string of the molecule is NC(=S)c1cc(Cl)ccc1Nc1cc(F)cc(Cl)c1. The van der Waals surface area contributed by atoms with Gasteiger partial charge >= 0.3 is 0 Å². The van der Waals surface area contributed by atoms with Gasteiger partial charge in [0.05, 0.1) is 0 Å². The van der Waals surface area contributed by atoms with E-state index in [2.05, 4.69) is 5.32 Å². The Kier molecular flexibility index (Phi) is 4.24. The van der Waals surface area contributed by atoms with E-state index in [9.17, 15) is 4.39 Å². The number of hydrogen-bond donors (Lipinski definition) is 2. The molecule has 0 radical (unpaired) electrons. The molecule has 0 aliphatic heterocycles. The van der Waals surface area contributed by atoms with Gasteiger partial charge in [-0.2, -0.15) is 0 Å². The summed E-state index contributed by atoms with van der Waals surface area (Å²) in [6.07, 6.45) is 0. The van der Waals surface area contributed by atoms with Crippen molar-refractivity contribution in [2.75, 3.05) is 5.32 Å². The zero-order chi connectivity index (χ0) is 14.0. The van der Waals surface area contributed by atoms with Crippen LogP contribution in [0.15, 0.2) is 36.4 Å². The first-order valence-corrected chi connectivity index (χ1v) is 6.44. The Bertz CT molecular complexity index is 626. The van der Waals surface area contributed by atoms with E-state index in [1.165, 1.54) is 12.1 Å². The molecule has 2 rings (SSSR count). The van der Waals surface area contributed by atoms with Crippen molar-refractivity contribution in [1.82, 2.24) is 0 Å². The summed E-state index contributed by atoms with van der Waals surface area (Å²) < 4.78 is 13.3. The Balaban J connectivity index is 2.40. The molecule has 0 saturated carbocycles. The van der Waals surface area contributed by atoms with Crippen LogP contribution in [0.25, 0.3) is 0 Å². The summed E-state index contributed by atoms with van der Waals surface area (Å²) in [5.41, 5.74) is 7.36. The summed E-state index contributed by atoms with van der Waals surface area (Å²) in [6, 6.07) is 9.20. The molecule has 0 aliphatic carbocycles. The van der Waals surface area contributed by atoms with E-state index in [1.807, 2.05) is 0 Å². The van der Waals surface area contributed by atoms with E-state index in [0.717, 1.165) is 0 Å². The lowest BCUT2D eigenvalue weighted by atomic mass is 10.1. The fourth-order valence-corrected chi connectivity index (χ4v) is 2.17. The largest absolute Gasteiger partial charge is 0.389 e. The van der Waals surface area contributed by atoms with Gasteiger partial charge in [-0.1, -0.05) is 35.4 Å². The van der Waals surface area contributed by atoms with E-state index in [4.69, 9.17) is 41.2 Å². The van der Waals surface area contributed by atoms with Crippen molar-refractivity contribution in [2.45, 2.75) is 0 Å². The molecular formula is C13H9Cl2FN2S. The van der Waals surface area contributed by atoms with E-state index in [-0.39, 0.29) is 4.99 Å². The van der Waals surface area contributed by atoms with Gasteiger partial charge in [-0.15, -0.1) is 0 Å². The molecule has 3 N–H and O–H groups in total. The molecule has 19 heavy (non-hydrogen) atoms. The number of benzene rings is 2. The molecule has 0 saturated heterocycles. The first kappa shape index (κ1) is 14.1. The van der Waals surface area contributed by atoms with Crippen molar-refractivity contribution >= 4 is 51.8 Å². The number of thiocarbonyl (C=S) groups is 1. The van der Waals surface area contributed by atoms with Crippen LogP contribution in [0.1, 0.15) is 5.56 Å². The maximum absolute atomic E-state index is 13.3. The lowest BCUT2D eigenvalue weighted by molar-refractivity contribution is 0.628. The summed E-state index contributed by atoms with van der Waals surface area (Å²) >= 11 is 16.6. The molecule has 0 amide bonds. The Morgan fingerprint density at radius 3 is 2.47 bits per heavy atom. The lowest BCUT2D eigenvalue weighted by Crippen LogP contribution is -2.12. The number of nitrogens with two attached hydrogens (primary N) is 1. The maximum atomic E-state index is 13.3. The number of halogens is 3. The molecule has 0 unspecified atom stereocenters. The normalized spacial score (nSPS) is 10.3. The number of rotatable bonds is 3. The van der Waals surface area contributed by atoms with Crippen molar-refractivity contribution in [3.05, 3.63) is 57.8 Å². The van der Waals surface area contributed by atoms with Crippen LogP contribution < -0.4 is 11.1 Å². The van der Waals surface area contributed by atoms with Gasteiger partial charge in [-0.25, -0.2) is 4.39 Å².